The van der Waals surface area contributed by atoms with Gasteiger partial charge in [-0.1, -0.05) is 18.2 Å². The summed E-state index contributed by atoms with van der Waals surface area (Å²) >= 11 is 0. The number of nitrogens with two attached hydrogens (primary N) is 1. The lowest BCUT2D eigenvalue weighted by atomic mass is 9.90. The number of para-hydroxylation sites is 1. The van der Waals surface area contributed by atoms with Crippen LogP contribution >= 0.6 is 0 Å². The topological polar surface area (TPSA) is 35.2 Å². The highest BCUT2D eigenvalue weighted by molar-refractivity contribution is 5.37. The van der Waals surface area contributed by atoms with E-state index in [4.69, 9.17) is 10.5 Å². The lowest BCUT2D eigenvalue weighted by molar-refractivity contribution is 0.176. The molecule has 0 saturated heterocycles. The van der Waals surface area contributed by atoms with Gasteiger partial charge in [0.15, 0.2) is 0 Å². The average molecular weight is 217 g/mol. The van der Waals surface area contributed by atoms with Gasteiger partial charge < -0.3 is 10.5 Å². The average Bonchev–Trinajstić information content (AvgIpc) is 2.92. The Balaban J connectivity index is 1.69. The maximum absolute atomic E-state index is 6.06. The van der Waals surface area contributed by atoms with Gasteiger partial charge in [0.2, 0.25) is 0 Å². The fourth-order valence-corrected chi connectivity index (χ4v) is 2.83. The number of fused-ring (bicyclic) bond motifs is 1. The van der Waals surface area contributed by atoms with Crippen molar-refractivity contribution in [3.8, 4) is 5.75 Å². The molecule has 0 radical (unpaired) electrons. The van der Waals surface area contributed by atoms with Crippen molar-refractivity contribution in [2.24, 2.45) is 11.1 Å². The smallest absolute Gasteiger partial charge is 0.123 e. The molecule has 86 valence electrons. The number of rotatable bonds is 3. The molecular formula is C14H19NO. The van der Waals surface area contributed by atoms with E-state index in [1.54, 1.807) is 0 Å². The summed E-state index contributed by atoms with van der Waals surface area (Å²) in [5, 5.41) is 0. The van der Waals surface area contributed by atoms with Gasteiger partial charge in [0.05, 0.1) is 0 Å². The van der Waals surface area contributed by atoms with Gasteiger partial charge in [-0.3, -0.25) is 0 Å². The monoisotopic (exact) mass is 217 g/mol. The third-order valence-electron chi connectivity index (χ3n) is 4.21. The molecule has 16 heavy (non-hydrogen) atoms. The lowest BCUT2D eigenvalue weighted by Crippen LogP contribution is -2.32. The Morgan fingerprint density at radius 3 is 2.81 bits per heavy atom. The maximum atomic E-state index is 6.06. The van der Waals surface area contributed by atoms with Gasteiger partial charge >= 0.3 is 0 Å². The minimum absolute atomic E-state index is 0.305. The second-order valence-electron chi connectivity index (χ2n) is 5.41. The molecule has 1 saturated carbocycles. The van der Waals surface area contributed by atoms with E-state index in [9.17, 15) is 0 Å². The van der Waals surface area contributed by atoms with Crippen molar-refractivity contribution in [1.82, 2.24) is 0 Å². The molecule has 2 N–H and O–H groups in total. The van der Waals surface area contributed by atoms with Gasteiger partial charge in [0, 0.05) is 12.5 Å². The third kappa shape index (κ3) is 1.61. The normalized spacial score (nSPS) is 27.0. The second-order valence-corrected chi connectivity index (χ2v) is 5.41. The van der Waals surface area contributed by atoms with Crippen LogP contribution in [0.5, 0.6) is 5.75 Å². The standard InChI is InChI=1S/C14H19NO/c1-10(15)14(6-7-14)9-12-8-11-4-2-3-5-13(11)16-12/h2-5,10,12H,6-9,15H2,1H3. The Kier molecular flexibility index (Phi) is 2.21. The van der Waals surface area contributed by atoms with E-state index >= 15 is 0 Å². The highest BCUT2D eigenvalue weighted by Gasteiger charge is 2.48. The van der Waals surface area contributed by atoms with Crippen LogP contribution in [0.15, 0.2) is 24.3 Å². The summed E-state index contributed by atoms with van der Waals surface area (Å²) in [5.41, 5.74) is 7.80. The molecule has 1 aliphatic carbocycles. The number of hydrogen-bond donors (Lipinski definition) is 1. The Morgan fingerprint density at radius 2 is 2.19 bits per heavy atom. The SMILES string of the molecule is CC(N)C1(CC2Cc3ccccc3O2)CC1. The van der Waals surface area contributed by atoms with Crippen LogP contribution in [-0.4, -0.2) is 12.1 Å². The summed E-state index contributed by atoms with van der Waals surface area (Å²) in [4.78, 5) is 0. The van der Waals surface area contributed by atoms with E-state index in [-0.39, 0.29) is 0 Å². The van der Waals surface area contributed by atoms with Crippen LogP contribution in [0.25, 0.3) is 0 Å². The zero-order valence-electron chi connectivity index (χ0n) is 9.78. The van der Waals surface area contributed by atoms with Crippen LogP contribution in [0.4, 0.5) is 0 Å². The first-order valence-corrected chi connectivity index (χ1v) is 6.20. The first-order valence-electron chi connectivity index (χ1n) is 6.20. The maximum Gasteiger partial charge on any atom is 0.123 e. The molecular weight excluding hydrogens is 198 g/mol. The summed E-state index contributed by atoms with van der Waals surface area (Å²) in [5.74, 6) is 1.08. The summed E-state index contributed by atoms with van der Waals surface area (Å²) in [6.07, 6.45) is 5.09. The van der Waals surface area contributed by atoms with E-state index in [0.29, 0.717) is 17.6 Å². The minimum atomic E-state index is 0.305. The van der Waals surface area contributed by atoms with Crippen LogP contribution in [0.1, 0.15) is 31.7 Å². The van der Waals surface area contributed by atoms with Gasteiger partial charge in [-0.25, -0.2) is 0 Å². The molecule has 2 unspecified atom stereocenters. The third-order valence-corrected chi connectivity index (χ3v) is 4.21. The van der Waals surface area contributed by atoms with E-state index in [2.05, 4.69) is 25.1 Å². The van der Waals surface area contributed by atoms with Gasteiger partial charge in [0.1, 0.15) is 11.9 Å². The van der Waals surface area contributed by atoms with Crippen LogP contribution in [0, 0.1) is 5.41 Å². The second kappa shape index (κ2) is 3.49. The summed E-state index contributed by atoms with van der Waals surface area (Å²) in [6, 6.07) is 8.67. The van der Waals surface area contributed by atoms with Crippen molar-refractivity contribution in [1.29, 1.82) is 0 Å². The first kappa shape index (κ1) is 10.2. The Bertz CT molecular complexity index is 370. The number of hydrogen-bond acceptors (Lipinski definition) is 2. The van der Waals surface area contributed by atoms with Crippen molar-refractivity contribution in [3.63, 3.8) is 0 Å². The highest BCUT2D eigenvalue weighted by atomic mass is 16.5. The fourth-order valence-electron chi connectivity index (χ4n) is 2.83. The van der Waals surface area contributed by atoms with Crippen molar-refractivity contribution in [3.05, 3.63) is 29.8 Å². The van der Waals surface area contributed by atoms with Gasteiger partial charge in [-0.05, 0) is 43.2 Å². The van der Waals surface area contributed by atoms with Gasteiger partial charge in [-0.15, -0.1) is 0 Å². The first-order chi connectivity index (χ1) is 7.70. The van der Waals surface area contributed by atoms with Crippen molar-refractivity contribution >= 4 is 0 Å². The summed E-state index contributed by atoms with van der Waals surface area (Å²) in [6.45, 7) is 2.13. The van der Waals surface area contributed by atoms with Crippen molar-refractivity contribution in [2.45, 2.75) is 44.8 Å². The lowest BCUT2D eigenvalue weighted by Gasteiger charge is -2.23. The minimum Gasteiger partial charge on any atom is -0.490 e. The molecule has 1 fully saturated rings. The van der Waals surface area contributed by atoms with E-state index in [0.717, 1.165) is 18.6 Å². The molecule has 0 spiro atoms. The number of ether oxygens (including phenoxy) is 1. The van der Waals surface area contributed by atoms with Crippen LogP contribution < -0.4 is 10.5 Å². The predicted molar refractivity (Wildman–Crippen MR) is 64.5 cm³/mol. The van der Waals surface area contributed by atoms with E-state index in [1.807, 2.05) is 6.07 Å². The van der Waals surface area contributed by atoms with Crippen molar-refractivity contribution in [2.75, 3.05) is 0 Å². The molecule has 2 atom stereocenters. The van der Waals surface area contributed by atoms with Crippen LogP contribution in [0.2, 0.25) is 0 Å². The fraction of sp³-hybridized carbons (Fsp3) is 0.571. The van der Waals surface area contributed by atoms with E-state index in [1.165, 1.54) is 18.4 Å². The molecule has 0 bridgehead atoms. The van der Waals surface area contributed by atoms with Gasteiger partial charge in [0.25, 0.3) is 0 Å². The van der Waals surface area contributed by atoms with E-state index < -0.39 is 0 Å². The summed E-state index contributed by atoms with van der Waals surface area (Å²) in [7, 11) is 0. The molecule has 1 heterocycles. The number of benzene rings is 1. The largest absolute Gasteiger partial charge is 0.490 e. The molecule has 0 amide bonds. The molecule has 1 aromatic carbocycles. The quantitative estimate of drug-likeness (QED) is 0.844. The Hall–Kier alpha value is -1.02. The molecule has 2 heteroatoms. The Morgan fingerprint density at radius 1 is 1.44 bits per heavy atom. The zero-order chi connectivity index (χ0) is 11.2. The van der Waals surface area contributed by atoms with Gasteiger partial charge in [-0.2, -0.15) is 0 Å². The molecule has 3 rings (SSSR count). The molecule has 1 aromatic rings. The molecule has 1 aliphatic heterocycles. The molecule has 0 aromatic heterocycles. The highest BCUT2D eigenvalue weighted by Crippen LogP contribution is 2.53. The van der Waals surface area contributed by atoms with Crippen LogP contribution in [-0.2, 0) is 6.42 Å². The Labute approximate surface area is 96.8 Å². The van der Waals surface area contributed by atoms with Crippen molar-refractivity contribution < 1.29 is 4.74 Å². The molecule has 2 nitrogen and oxygen atoms in total. The van der Waals surface area contributed by atoms with Crippen LogP contribution in [0.3, 0.4) is 0 Å². The molecule has 2 aliphatic rings. The predicted octanol–water partition coefficient (Wildman–Crippen LogP) is 2.51. The zero-order valence-corrected chi connectivity index (χ0v) is 9.78. The summed E-state index contributed by atoms with van der Waals surface area (Å²) < 4.78 is 5.98.